The number of anilines is 2. The molecule has 1 heterocycles. The fourth-order valence-corrected chi connectivity index (χ4v) is 9.58. The Balaban J connectivity index is 0.000000231. The molecule has 0 amide bonds. The van der Waals surface area contributed by atoms with Gasteiger partial charge in [0.2, 0.25) is 11.2 Å². The van der Waals surface area contributed by atoms with Crippen molar-refractivity contribution in [2.45, 2.75) is 29.6 Å². The van der Waals surface area contributed by atoms with Crippen LogP contribution in [0.15, 0.2) is 170 Å². The summed E-state index contributed by atoms with van der Waals surface area (Å²) in [7, 11) is -7.86. The largest absolute Gasteiger partial charge is 0.506 e. The summed E-state index contributed by atoms with van der Waals surface area (Å²) in [6, 6.07) is 36.1. The van der Waals surface area contributed by atoms with Crippen molar-refractivity contribution in [3.8, 4) is 23.0 Å². The summed E-state index contributed by atoms with van der Waals surface area (Å²) in [5.74, 6) is -0.453. The molecule has 9 rings (SSSR count). The van der Waals surface area contributed by atoms with Crippen LogP contribution in [0.1, 0.15) is 24.7 Å². The summed E-state index contributed by atoms with van der Waals surface area (Å²) in [6.45, 7) is 1.81. The number of nitro benzene ring substituents is 1. The molecule has 0 atom stereocenters. The van der Waals surface area contributed by atoms with Gasteiger partial charge in [-0.1, -0.05) is 85.8 Å². The van der Waals surface area contributed by atoms with E-state index in [4.69, 9.17) is 11.6 Å². The quantitative estimate of drug-likeness (QED) is 0.0271. The molecule has 370 valence electrons. The Kier molecular flexibility index (Phi) is 15.9. The minimum absolute atomic E-state index is 0. The van der Waals surface area contributed by atoms with Gasteiger partial charge in [-0.2, -0.15) is 18.4 Å². The van der Waals surface area contributed by atoms with Crippen LogP contribution in [-0.4, -0.2) is 67.4 Å². The molecule has 0 aliphatic carbocycles. The SMILES string of the molecule is CCCS(=O)(=O)c1ccc(Cc2nc(Cl)nc(Nc3ccc4ccc(N=Nc5cc([N+](=O)[O-])ccc5O)c(O)c4c3)n2)cc1.O=S(=O)(O)c1cc(O)c(N=Nc2ccc3ccccc3c2O)c2ccccc12.[Cr]. The van der Waals surface area contributed by atoms with E-state index in [0.29, 0.717) is 39.5 Å². The molecule has 0 saturated carbocycles. The van der Waals surface area contributed by atoms with Gasteiger partial charge in [0, 0.05) is 69.2 Å². The Hall–Kier alpha value is -8.17. The van der Waals surface area contributed by atoms with Crippen LogP contribution < -0.4 is 5.32 Å². The Labute approximate surface area is 431 Å². The first-order chi connectivity index (χ1) is 34.4. The van der Waals surface area contributed by atoms with E-state index in [1.807, 2.05) is 19.1 Å². The number of phenolic OH excluding ortho intramolecular Hbond substituents is 4. The fraction of sp³-hybridized carbons (Fsp3) is 0.0816. The zero-order valence-corrected chi connectivity index (χ0v) is 41.4. The molecule has 24 heteroatoms. The minimum atomic E-state index is -4.54. The predicted octanol–water partition coefficient (Wildman–Crippen LogP) is 12.0. The van der Waals surface area contributed by atoms with Gasteiger partial charge in [0.15, 0.2) is 21.3 Å². The van der Waals surface area contributed by atoms with Crippen LogP contribution in [-0.2, 0) is 43.7 Å². The molecule has 0 unspecified atom stereocenters. The maximum atomic E-state index is 12.3. The van der Waals surface area contributed by atoms with Crippen molar-refractivity contribution in [1.82, 2.24) is 15.0 Å². The molecule has 8 aromatic carbocycles. The second kappa shape index (κ2) is 22.1. The molecular formula is C49H38ClCrN9O11S2. The molecule has 1 aromatic heterocycles. The van der Waals surface area contributed by atoms with E-state index in [1.165, 1.54) is 12.1 Å². The number of sulfone groups is 1. The third kappa shape index (κ3) is 12.1. The van der Waals surface area contributed by atoms with E-state index in [2.05, 4.69) is 40.7 Å². The minimum Gasteiger partial charge on any atom is -0.506 e. The topological polar surface area (TPSA) is 313 Å². The van der Waals surface area contributed by atoms with Crippen LogP contribution in [0.4, 0.5) is 40.1 Å². The van der Waals surface area contributed by atoms with Gasteiger partial charge in [0.25, 0.3) is 15.8 Å². The molecule has 9 aromatic rings. The van der Waals surface area contributed by atoms with Crippen LogP contribution in [0, 0.1) is 10.1 Å². The molecule has 0 saturated heterocycles. The first-order valence-electron chi connectivity index (χ1n) is 21.4. The third-order valence-electron chi connectivity index (χ3n) is 10.8. The number of benzene rings is 8. The third-order valence-corrected chi connectivity index (χ3v) is 13.8. The first-order valence-corrected chi connectivity index (χ1v) is 24.8. The van der Waals surface area contributed by atoms with Crippen molar-refractivity contribution in [2.24, 2.45) is 20.5 Å². The standard InChI is InChI=1S/C29H24ClN7O6S.C20H14N2O5S.Cr/c1-2-13-44(42,43)21-9-3-17(4-10-21)14-26-32-28(30)34-29(33-26)31-19-7-5-18-6-11-23(27(39)22(18)15-19)35-36-24-16-20(37(40)41)8-12-25(24)38;23-17-11-18(28(25,26)27)14-7-3-4-8-15(14)19(17)22-21-16-10-9-12-5-1-2-6-13(12)20(16)24;/h3-12,15-16,38-39H,2,13-14H2,1H3,(H,31,32,33,34);1-11,23-24H,(H,25,26,27);. The number of aromatic hydroxyl groups is 4. The van der Waals surface area contributed by atoms with Crippen LogP contribution in [0.2, 0.25) is 5.28 Å². The second-order valence-corrected chi connectivity index (χ2v) is 19.6. The predicted molar refractivity (Wildman–Crippen MR) is 269 cm³/mol. The first kappa shape index (κ1) is 52.7. The number of rotatable bonds is 13. The summed E-state index contributed by atoms with van der Waals surface area (Å²) in [5.41, 5.74) is 1.18. The van der Waals surface area contributed by atoms with Gasteiger partial charge in [-0.25, -0.2) is 13.4 Å². The van der Waals surface area contributed by atoms with Crippen molar-refractivity contribution in [3.05, 3.63) is 166 Å². The number of hydrogen-bond acceptors (Lipinski definition) is 18. The van der Waals surface area contributed by atoms with Gasteiger partial charge < -0.3 is 25.7 Å². The Morgan fingerprint density at radius 1 is 0.644 bits per heavy atom. The van der Waals surface area contributed by atoms with E-state index in [9.17, 15) is 51.9 Å². The van der Waals surface area contributed by atoms with Gasteiger partial charge in [-0.05, 0) is 76.8 Å². The number of hydrogen-bond donors (Lipinski definition) is 6. The number of phenols is 4. The van der Waals surface area contributed by atoms with Gasteiger partial charge >= 0.3 is 0 Å². The average molecular weight is 1080 g/mol. The molecule has 0 bridgehead atoms. The summed E-state index contributed by atoms with van der Waals surface area (Å²) in [6.07, 6.45) is 0.804. The fourth-order valence-electron chi connectivity index (χ4n) is 7.36. The van der Waals surface area contributed by atoms with E-state index < -0.39 is 35.5 Å². The summed E-state index contributed by atoms with van der Waals surface area (Å²) in [4.78, 5) is 23.0. The maximum Gasteiger partial charge on any atom is 0.295 e. The van der Waals surface area contributed by atoms with Crippen LogP contribution in [0.3, 0.4) is 0 Å². The molecule has 0 spiro atoms. The number of nitrogens with zero attached hydrogens (tertiary/aromatic N) is 8. The van der Waals surface area contributed by atoms with Crippen molar-refractivity contribution >= 4 is 104 Å². The summed E-state index contributed by atoms with van der Waals surface area (Å²) < 4.78 is 57.3. The second-order valence-electron chi connectivity index (χ2n) is 15.7. The number of non-ortho nitro benzene ring substituents is 1. The number of azo groups is 2. The van der Waals surface area contributed by atoms with E-state index in [-0.39, 0.29) is 96.7 Å². The Bertz CT molecular complexity index is 3890. The van der Waals surface area contributed by atoms with Crippen LogP contribution in [0.5, 0.6) is 23.0 Å². The average Bonchev–Trinajstić information content (AvgIpc) is 3.34. The van der Waals surface area contributed by atoms with Crippen LogP contribution >= 0.6 is 11.6 Å². The van der Waals surface area contributed by atoms with Gasteiger partial charge in [-0.3, -0.25) is 14.7 Å². The number of nitrogens with one attached hydrogen (secondary N) is 1. The van der Waals surface area contributed by atoms with Crippen molar-refractivity contribution in [3.63, 3.8) is 0 Å². The Morgan fingerprint density at radius 3 is 1.92 bits per heavy atom. The smallest absolute Gasteiger partial charge is 0.295 e. The molecular weight excluding hydrogens is 1040 g/mol. The zero-order chi connectivity index (χ0) is 51.3. The van der Waals surface area contributed by atoms with Crippen molar-refractivity contribution in [1.29, 1.82) is 0 Å². The summed E-state index contributed by atoms with van der Waals surface area (Å²) in [5, 5.41) is 74.6. The van der Waals surface area contributed by atoms with E-state index >= 15 is 0 Å². The van der Waals surface area contributed by atoms with Gasteiger partial charge in [0.05, 0.1) is 15.6 Å². The number of nitro groups is 1. The van der Waals surface area contributed by atoms with Crippen LogP contribution in [0.25, 0.3) is 32.3 Å². The number of aromatic nitrogens is 3. The molecule has 0 fully saturated rings. The molecule has 0 aliphatic heterocycles. The Morgan fingerprint density at radius 2 is 1.25 bits per heavy atom. The number of halogens is 1. The van der Waals surface area contributed by atoms with Crippen molar-refractivity contribution < 1.29 is 64.1 Å². The van der Waals surface area contributed by atoms with Crippen molar-refractivity contribution in [2.75, 3.05) is 11.1 Å². The van der Waals surface area contributed by atoms with Gasteiger partial charge in [0.1, 0.15) is 45.0 Å². The molecule has 73 heavy (non-hydrogen) atoms. The van der Waals surface area contributed by atoms with E-state index in [1.54, 1.807) is 91.0 Å². The maximum absolute atomic E-state index is 12.3. The molecule has 0 aliphatic rings. The summed E-state index contributed by atoms with van der Waals surface area (Å²) >= 11 is 6.17. The monoisotopic (exact) mass is 1080 g/mol. The number of fused-ring (bicyclic) bond motifs is 3. The van der Waals surface area contributed by atoms with Gasteiger partial charge in [-0.15, -0.1) is 20.5 Å². The zero-order valence-electron chi connectivity index (χ0n) is 37.8. The molecule has 20 nitrogen and oxygen atoms in total. The molecule has 0 radical (unpaired) electrons. The van der Waals surface area contributed by atoms with E-state index in [0.717, 1.165) is 35.2 Å². The molecule has 6 N–H and O–H groups in total. The normalized spacial score (nSPS) is 11.7.